The Kier molecular flexibility index (Phi) is 7.61. The minimum Gasteiger partial charge on any atom is -0.458 e. The summed E-state index contributed by atoms with van der Waals surface area (Å²) in [5.74, 6) is 0. The maximum absolute atomic E-state index is 6.60. The van der Waals surface area contributed by atoms with Crippen molar-refractivity contribution < 1.29 is 4.12 Å². The van der Waals surface area contributed by atoms with Gasteiger partial charge in [-0.3, -0.25) is 0 Å². The molecular weight excluding hydrogens is 248 g/mol. The molecule has 0 aliphatic carbocycles. The molecule has 0 unspecified atom stereocenters. The van der Waals surface area contributed by atoms with Crippen LogP contribution in [0, 0.1) is 0 Å². The van der Waals surface area contributed by atoms with E-state index in [1.165, 1.54) is 24.2 Å². The van der Waals surface area contributed by atoms with Gasteiger partial charge in [0.2, 0.25) is 0 Å². The van der Waals surface area contributed by atoms with E-state index in [0.717, 1.165) is 0 Å². The smallest absolute Gasteiger partial charge is 0.170 e. The van der Waals surface area contributed by atoms with E-state index in [1.807, 2.05) is 0 Å². The van der Waals surface area contributed by atoms with Gasteiger partial charge in [0.05, 0.1) is 0 Å². The maximum Gasteiger partial charge on any atom is 0.170 e. The lowest BCUT2D eigenvalue weighted by Crippen LogP contribution is -2.49. The predicted octanol–water partition coefficient (Wildman–Crippen LogP) is 2.47. The van der Waals surface area contributed by atoms with E-state index in [-0.39, 0.29) is 18.6 Å². The van der Waals surface area contributed by atoms with Gasteiger partial charge in [-0.1, -0.05) is 32.4 Å². The van der Waals surface area contributed by atoms with Crippen LogP contribution in [0.4, 0.5) is 0 Å². The van der Waals surface area contributed by atoms with Crippen molar-refractivity contribution in [2.75, 3.05) is 0 Å². The van der Waals surface area contributed by atoms with E-state index >= 15 is 0 Å². The fourth-order valence-electron chi connectivity index (χ4n) is 2.06. The zero-order valence-electron chi connectivity index (χ0n) is 11.7. The summed E-state index contributed by atoms with van der Waals surface area (Å²) in [6, 6.07) is 2.95. The first-order valence-electron chi connectivity index (χ1n) is 6.53. The summed E-state index contributed by atoms with van der Waals surface area (Å²) in [4.78, 5) is 0. The van der Waals surface area contributed by atoms with Crippen molar-refractivity contribution in [2.24, 2.45) is 0 Å². The minimum absolute atomic E-state index is 0.103. The second kappa shape index (κ2) is 7.21. The fourth-order valence-corrected chi connectivity index (χ4v) is 23.8. The van der Waals surface area contributed by atoms with E-state index in [2.05, 4.69) is 40.0 Å². The molecule has 0 rings (SSSR count). The predicted molar refractivity (Wildman–Crippen MR) is 83.5 cm³/mol. The van der Waals surface area contributed by atoms with Gasteiger partial charge in [0.25, 0.3) is 0 Å². The molecule has 0 spiro atoms. The van der Waals surface area contributed by atoms with Crippen molar-refractivity contribution in [3.8, 4) is 0 Å². The lowest BCUT2D eigenvalue weighted by atomic mass is 10.6. The minimum atomic E-state index is -1.25. The van der Waals surface area contributed by atoms with Crippen LogP contribution in [0.25, 0.3) is 0 Å². The van der Waals surface area contributed by atoms with Crippen molar-refractivity contribution in [2.45, 2.75) is 64.2 Å². The Labute approximate surface area is 103 Å². The van der Waals surface area contributed by atoms with Gasteiger partial charge in [-0.25, -0.2) is 0 Å². The normalized spacial score (nSPS) is 14.8. The largest absolute Gasteiger partial charge is 0.458 e. The van der Waals surface area contributed by atoms with Gasteiger partial charge < -0.3 is 4.12 Å². The molecule has 0 N–H and O–H groups in total. The molecule has 15 heavy (non-hydrogen) atoms. The standard InChI is InChI=1S/C10H30OSi4/c1-7-9-13-15(5,6)11-14(3,4)10-12-8-2/h7-10,12-13H2,1-6H3. The van der Waals surface area contributed by atoms with Crippen molar-refractivity contribution >= 4 is 34.7 Å². The molecule has 0 aromatic heterocycles. The summed E-state index contributed by atoms with van der Waals surface area (Å²) < 4.78 is 6.60. The molecule has 0 aliphatic heterocycles. The molecule has 92 valence electrons. The van der Waals surface area contributed by atoms with Gasteiger partial charge in [-0.05, 0) is 31.9 Å². The number of hydrogen-bond acceptors (Lipinski definition) is 1. The molecule has 0 aromatic carbocycles. The van der Waals surface area contributed by atoms with Crippen LogP contribution in [0.2, 0.25) is 43.9 Å². The topological polar surface area (TPSA) is 9.23 Å². The average Bonchev–Trinajstić information content (AvgIpc) is 2.10. The number of rotatable bonds is 8. The van der Waals surface area contributed by atoms with Crippen molar-refractivity contribution in [1.29, 1.82) is 0 Å². The molecule has 0 fully saturated rings. The number of hydrogen-bond donors (Lipinski definition) is 0. The molecular formula is C10H30OSi4. The first-order chi connectivity index (χ1) is 6.83. The summed E-state index contributed by atoms with van der Waals surface area (Å²) >= 11 is 0. The average molecular weight is 279 g/mol. The van der Waals surface area contributed by atoms with Gasteiger partial charge in [0, 0.05) is 18.6 Å². The monoisotopic (exact) mass is 278 g/mol. The van der Waals surface area contributed by atoms with Gasteiger partial charge in [-0.2, -0.15) is 0 Å². The second-order valence-electron chi connectivity index (χ2n) is 5.83. The summed E-state index contributed by atoms with van der Waals surface area (Å²) in [5.41, 5.74) is 1.50. The van der Waals surface area contributed by atoms with Crippen LogP contribution in [-0.2, 0) is 4.12 Å². The Balaban J connectivity index is 4.04. The summed E-state index contributed by atoms with van der Waals surface area (Å²) in [5, 5.41) is 0. The highest BCUT2D eigenvalue weighted by molar-refractivity contribution is 7.22. The molecule has 0 bridgehead atoms. The molecule has 0 saturated heterocycles. The molecule has 5 heteroatoms. The van der Waals surface area contributed by atoms with Crippen LogP contribution in [0.3, 0.4) is 0 Å². The maximum atomic E-state index is 6.60. The van der Waals surface area contributed by atoms with E-state index in [0.29, 0.717) is 0 Å². The van der Waals surface area contributed by atoms with Crippen molar-refractivity contribution in [3.05, 3.63) is 0 Å². The molecule has 0 aliphatic rings. The van der Waals surface area contributed by atoms with Crippen LogP contribution in [0.15, 0.2) is 0 Å². The van der Waals surface area contributed by atoms with Crippen molar-refractivity contribution in [1.82, 2.24) is 0 Å². The Hall–Kier alpha value is 0.828. The molecule has 0 heterocycles. The third-order valence-electron chi connectivity index (χ3n) is 2.82. The van der Waals surface area contributed by atoms with Gasteiger partial charge >= 0.3 is 0 Å². The molecule has 0 saturated carbocycles. The first-order valence-corrected chi connectivity index (χ1v) is 17.9. The summed E-state index contributed by atoms with van der Waals surface area (Å²) in [7, 11) is -2.13. The van der Waals surface area contributed by atoms with Crippen LogP contribution < -0.4 is 0 Å². The van der Waals surface area contributed by atoms with Crippen LogP contribution in [0.1, 0.15) is 20.3 Å². The van der Waals surface area contributed by atoms with Crippen LogP contribution in [-0.4, -0.2) is 34.7 Å². The Morgan fingerprint density at radius 1 is 1.07 bits per heavy atom. The highest BCUT2D eigenvalue weighted by atomic mass is 29.2. The fraction of sp³-hybridized carbons (Fsp3) is 1.00. The molecule has 0 aromatic rings. The van der Waals surface area contributed by atoms with E-state index < -0.39 is 16.2 Å². The molecule has 0 radical (unpaired) electrons. The first kappa shape index (κ1) is 15.8. The third kappa shape index (κ3) is 8.62. The zero-order valence-corrected chi connectivity index (χ0v) is 16.5. The Bertz CT molecular complexity index is 153. The van der Waals surface area contributed by atoms with Crippen LogP contribution >= 0.6 is 0 Å². The highest BCUT2D eigenvalue weighted by Gasteiger charge is 2.31. The van der Waals surface area contributed by atoms with E-state index in [1.54, 1.807) is 0 Å². The van der Waals surface area contributed by atoms with E-state index in [9.17, 15) is 0 Å². The van der Waals surface area contributed by atoms with Crippen molar-refractivity contribution in [3.63, 3.8) is 0 Å². The highest BCUT2D eigenvalue weighted by Crippen LogP contribution is 2.18. The Morgan fingerprint density at radius 2 is 1.67 bits per heavy atom. The summed E-state index contributed by atoms with van der Waals surface area (Å²) in [6.07, 6.45) is 1.37. The van der Waals surface area contributed by atoms with Gasteiger partial charge in [-0.15, -0.1) is 0 Å². The lowest BCUT2D eigenvalue weighted by molar-refractivity contribution is 0.569. The Morgan fingerprint density at radius 3 is 2.13 bits per heavy atom. The third-order valence-corrected chi connectivity index (χ3v) is 22.4. The SMILES string of the molecule is CCC[SiH2][Si](C)(C)O[Si](C)(C)C[SiH2]CC. The van der Waals surface area contributed by atoms with Gasteiger partial charge in [0.1, 0.15) is 0 Å². The quantitative estimate of drug-likeness (QED) is 0.620. The summed E-state index contributed by atoms with van der Waals surface area (Å²) in [6.45, 7) is 14.5. The molecule has 0 amide bonds. The zero-order chi connectivity index (χ0) is 11.9. The second-order valence-corrected chi connectivity index (χ2v) is 25.2. The lowest BCUT2D eigenvalue weighted by Gasteiger charge is -2.34. The van der Waals surface area contributed by atoms with E-state index in [4.69, 9.17) is 4.12 Å². The van der Waals surface area contributed by atoms with Gasteiger partial charge in [0.15, 0.2) is 16.2 Å². The molecule has 0 atom stereocenters. The van der Waals surface area contributed by atoms with Crippen LogP contribution in [0.5, 0.6) is 0 Å². The molecule has 1 nitrogen and oxygen atoms in total.